The molecule has 0 unspecified atom stereocenters. The number of ether oxygens (including phenoxy) is 1. The second-order valence-electron chi connectivity index (χ2n) is 5.67. The Morgan fingerprint density at radius 3 is 2.46 bits per heavy atom. The van der Waals surface area contributed by atoms with Gasteiger partial charge in [-0.05, 0) is 36.2 Å². The standard InChI is InChI=1S/C19H14BrF3NO2/c1-2-14-12(9-10-3-5-11(20)6-4-10)18(26-19(22)23)16-15(25)8-7-13(21)17(16)24-14/h3-8,19H,2,9H2,1H3. The number of aromatic nitrogens is 1. The Morgan fingerprint density at radius 2 is 1.85 bits per heavy atom. The van der Waals surface area contributed by atoms with Crippen LogP contribution in [0.15, 0.2) is 40.9 Å². The van der Waals surface area contributed by atoms with Crippen molar-refractivity contribution >= 4 is 26.8 Å². The maximum atomic E-state index is 14.2. The number of fused-ring (bicyclic) bond motifs is 1. The van der Waals surface area contributed by atoms with Gasteiger partial charge in [-0.15, -0.1) is 0 Å². The summed E-state index contributed by atoms with van der Waals surface area (Å²) in [5.74, 6) is -1.65. The number of nitrogens with zero attached hydrogens (tertiary/aromatic N) is 1. The molecule has 0 aliphatic rings. The van der Waals surface area contributed by atoms with E-state index in [4.69, 9.17) is 0 Å². The number of hydrogen-bond acceptors (Lipinski definition) is 2. The molecular weight excluding hydrogens is 411 g/mol. The van der Waals surface area contributed by atoms with Crippen molar-refractivity contribution in [1.29, 1.82) is 0 Å². The van der Waals surface area contributed by atoms with Crippen molar-refractivity contribution < 1.29 is 23.0 Å². The fourth-order valence-electron chi connectivity index (χ4n) is 2.86. The average molecular weight is 425 g/mol. The van der Waals surface area contributed by atoms with E-state index >= 15 is 0 Å². The molecule has 3 aromatic rings. The maximum absolute atomic E-state index is 14.2. The zero-order chi connectivity index (χ0) is 18.8. The van der Waals surface area contributed by atoms with Crippen LogP contribution in [0.1, 0.15) is 23.7 Å². The Hall–Kier alpha value is -2.28. The van der Waals surface area contributed by atoms with Gasteiger partial charge in [-0.1, -0.05) is 35.0 Å². The van der Waals surface area contributed by atoms with Gasteiger partial charge in [-0.3, -0.25) is 5.11 Å². The zero-order valence-corrected chi connectivity index (χ0v) is 15.3. The number of pyridine rings is 1. The van der Waals surface area contributed by atoms with E-state index in [9.17, 15) is 18.3 Å². The highest BCUT2D eigenvalue weighted by Gasteiger charge is 2.23. The van der Waals surface area contributed by atoms with Crippen LogP contribution >= 0.6 is 15.9 Å². The van der Waals surface area contributed by atoms with Crippen molar-refractivity contribution in [2.75, 3.05) is 0 Å². The van der Waals surface area contributed by atoms with Crippen molar-refractivity contribution in [3.05, 3.63) is 63.5 Å². The minimum atomic E-state index is -3.14. The first-order valence-electron chi connectivity index (χ1n) is 7.91. The van der Waals surface area contributed by atoms with Gasteiger partial charge >= 0.3 is 6.61 Å². The zero-order valence-electron chi connectivity index (χ0n) is 13.7. The van der Waals surface area contributed by atoms with Gasteiger partial charge < -0.3 is 4.74 Å². The molecule has 0 atom stereocenters. The molecule has 0 saturated heterocycles. The molecule has 7 heteroatoms. The molecule has 0 amide bonds. The molecule has 2 aromatic carbocycles. The lowest BCUT2D eigenvalue weighted by Gasteiger charge is -2.17. The highest BCUT2D eigenvalue weighted by molar-refractivity contribution is 9.10. The maximum Gasteiger partial charge on any atom is 0.387 e. The number of rotatable bonds is 5. The van der Waals surface area contributed by atoms with E-state index in [0.29, 0.717) is 17.7 Å². The van der Waals surface area contributed by atoms with Crippen LogP contribution in [-0.4, -0.2) is 11.6 Å². The largest absolute Gasteiger partial charge is 0.434 e. The van der Waals surface area contributed by atoms with Crippen LogP contribution in [0.25, 0.3) is 10.9 Å². The van der Waals surface area contributed by atoms with Gasteiger partial charge in [-0.25, -0.2) is 9.37 Å². The summed E-state index contributed by atoms with van der Waals surface area (Å²) in [7, 11) is 0. The number of aryl methyl sites for hydroxylation is 1. The molecule has 1 heterocycles. The van der Waals surface area contributed by atoms with Crippen LogP contribution in [-0.2, 0) is 17.9 Å². The van der Waals surface area contributed by atoms with Gasteiger partial charge in [0, 0.05) is 22.2 Å². The van der Waals surface area contributed by atoms with Crippen LogP contribution in [0, 0.1) is 5.82 Å². The van der Waals surface area contributed by atoms with Gasteiger partial charge in [-0.2, -0.15) is 8.78 Å². The molecule has 0 aliphatic heterocycles. The van der Waals surface area contributed by atoms with Crippen molar-refractivity contribution in [1.82, 2.24) is 4.98 Å². The molecule has 0 spiro atoms. The number of halogens is 4. The van der Waals surface area contributed by atoms with Crippen LogP contribution in [0.5, 0.6) is 11.5 Å². The third-order valence-corrected chi connectivity index (χ3v) is 4.55. The molecule has 0 saturated carbocycles. The van der Waals surface area contributed by atoms with E-state index in [1.165, 1.54) is 0 Å². The first kappa shape index (κ1) is 18.5. The summed E-state index contributed by atoms with van der Waals surface area (Å²) in [6, 6.07) is 9.26. The molecule has 0 N–H and O–H groups in total. The van der Waals surface area contributed by atoms with Crippen molar-refractivity contribution in [3.63, 3.8) is 0 Å². The topological polar surface area (TPSA) is 42.0 Å². The second kappa shape index (κ2) is 7.53. The smallest absolute Gasteiger partial charge is 0.387 e. The molecular formula is C19H14BrF3NO2. The Balaban J connectivity index is 2.27. The molecule has 3 rings (SSSR count). The average Bonchev–Trinajstić information content (AvgIpc) is 2.60. The summed E-state index contributed by atoms with van der Waals surface area (Å²) in [5, 5.41) is 12.0. The minimum Gasteiger partial charge on any atom is -0.434 e. The highest BCUT2D eigenvalue weighted by atomic mass is 79.9. The number of alkyl halides is 2. The second-order valence-corrected chi connectivity index (χ2v) is 6.59. The van der Waals surface area contributed by atoms with Gasteiger partial charge in [0.25, 0.3) is 0 Å². The lowest BCUT2D eigenvalue weighted by Crippen LogP contribution is -2.10. The molecule has 0 fully saturated rings. The lowest BCUT2D eigenvalue weighted by molar-refractivity contribution is -0.0494. The molecule has 26 heavy (non-hydrogen) atoms. The number of benzene rings is 2. The van der Waals surface area contributed by atoms with E-state index < -0.39 is 18.2 Å². The predicted molar refractivity (Wildman–Crippen MR) is 94.8 cm³/mol. The van der Waals surface area contributed by atoms with Gasteiger partial charge in [0.1, 0.15) is 17.1 Å². The van der Waals surface area contributed by atoms with E-state index in [0.717, 1.165) is 22.2 Å². The Morgan fingerprint density at radius 1 is 1.15 bits per heavy atom. The van der Waals surface area contributed by atoms with Crippen LogP contribution in [0.3, 0.4) is 0 Å². The molecule has 0 aliphatic carbocycles. The van der Waals surface area contributed by atoms with Gasteiger partial charge in [0.2, 0.25) is 0 Å². The summed E-state index contributed by atoms with van der Waals surface area (Å²) in [6.07, 6.45) is 0.612. The monoisotopic (exact) mass is 424 g/mol. The molecule has 135 valence electrons. The van der Waals surface area contributed by atoms with Crippen molar-refractivity contribution in [3.8, 4) is 11.5 Å². The Labute approximate surface area is 156 Å². The summed E-state index contributed by atoms with van der Waals surface area (Å²) in [4.78, 5) is 4.23. The van der Waals surface area contributed by atoms with Crippen LogP contribution in [0.4, 0.5) is 13.2 Å². The van der Waals surface area contributed by atoms with Gasteiger partial charge in [0.15, 0.2) is 5.75 Å². The Bertz CT molecular complexity index is 946. The first-order valence-corrected chi connectivity index (χ1v) is 8.70. The molecule has 0 bridgehead atoms. The lowest BCUT2D eigenvalue weighted by atomic mass is 9.98. The number of hydrogen-bond donors (Lipinski definition) is 0. The Kier molecular flexibility index (Phi) is 5.36. The fraction of sp³-hybridized carbons (Fsp3) is 0.211. The normalized spacial score (nSPS) is 11.3. The summed E-state index contributed by atoms with van der Waals surface area (Å²) >= 11 is 3.34. The fourth-order valence-corrected chi connectivity index (χ4v) is 3.12. The van der Waals surface area contributed by atoms with Crippen LogP contribution in [0.2, 0.25) is 0 Å². The first-order chi connectivity index (χ1) is 12.4. The molecule has 1 radical (unpaired) electrons. The summed E-state index contributed by atoms with van der Waals surface area (Å²) in [5.41, 5.74) is 1.36. The SMILES string of the molecule is CCc1nc2c(F)ccc([O])c2c(OC(F)F)c1Cc1ccc(Br)cc1. The van der Waals surface area contributed by atoms with E-state index in [2.05, 4.69) is 25.7 Å². The third kappa shape index (κ3) is 3.62. The summed E-state index contributed by atoms with van der Waals surface area (Å²) < 4.78 is 45.8. The summed E-state index contributed by atoms with van der Waals surface area (Å²) in [6.45, 7) is -1.36. The van der Waals surface area contributed by atoms with Crippen LogP contribution < -0.4 is 4.74 Å². The molecule has 1 aromatic heterocycles. The quantitative estimate of drug-likeness (QED) is 0.501. The van der Waals surface area contributed by atoms with E-state index in [1.807, 2.05) is 24.3 Å². The van der Waals surface area contributed by atoms with Gasteiger partial charge in [0.05, 0.1) is 5.39 Å². The predicted octanol–water partition coefficient (Wildman–Crippen LogP) is 6.03. The molecule has 3 nitrogen and oxygen atoms in total. The highest BCUT2D eigenvalue weighted by Crippen LogP contribution is 2.40. The third-order valence-electron chi connectivity index (χ3n) is 4.02. The van der Waals surface area contributed by atoms with Crippen molar-refractivity contribution in [2.45, 2.75) is 26.4 Å². The van der Waals surface area contributed by atoms with Crippen molar-refractivity contribution in [2.24, 2.45) is 0 Å². The van der Waals surface area contributed by atoms with E-state index in [-0.39, 0.29) is 23.1 Å². The van der Waals surface area contributed by atoms with E-state index in [1.54, 1.807) is 6.92 Å². The minimum absolute atomic E-state index is 0.234.